The van der Waals surface area contributed by atoms with Gasteiger partial charge in [0.25, 0.3) is 0 Å². The van der Waals surface area contributed by atoms with E-state index in [0.29, 0.717) is 17.7 Å². The van der Waals surface area contributed by atoms with Crippen LogP contribution in [0.3, 0.4) is 0 Å². The van der Waals surface area contributed by atoms with Crippen LogP contribution in [-0.4, -0.2) is 16.8 Å². The molecule has 0 aliphatic heterocycles. The van der Waals surface area contributed by atoms with Crippen molar-refractivity contribution in [2.45, 2.75) is 39.2 Å². The number of anilines is 1. The van der Waals surface area contributed by atoms with Crippen LogP contribution in [0.15, 0.2) is 18.2 Å². The van der Waals surface area contributed by atoms with E-state index in [0.717, 1.165) is 5.56 Å². The smallest absolute Gasteiger partial charge is 0.338 e. The number of hydrogen-bond donors (Lipinski definition) is 1. The van der Waals surface area contributed by atoms with Gasteiger partial charge in [0.1, 0.15) is 5.60 Å². The first kappa shape index (κ1) is 15.5. The molecule has 2 N–H and O–H groups in total. The van der Waals surface area contributed by atoms with Crippen molar-refractivity contribution in [2.24, 2.45) is 0 Å². The van der Waals surface area contributed by atoms with Gasteiger partial charge in [-0.3, -0.25) is 4.79 Å². The molecule has 0 aliphatic carbocycles. The van der Waals surface area contributed by atoms with E-state index in [9.17, 15) is 9.59 Å². The second kappa shape index (κ2) is 6.06. The average Bonchev–Trinajstić information content (AvgIpc) is 2.29. The van der Waals surface area contributed by atoms with Crippen molar-refractivity contribution in [1.29, 1.82) is 0 Å². The molecule has 1 aromatic carbocycles. The summed E-state index contributed by atoms with van der Waals surface area (Å²) in [7, 11) is 0. The molecule has 1 rings (SSSR count). The van der Waals surface area contributed by atoms with Gasteiger partial charge < -0.3 is 10.5 Å². The second-order valence-electron chi connectivity index (χ2n) is 5.08. The van der Waals surface area contributed by atoms with Crippen LogP contribution in [0.1, 0.15) is 42.6 Å². The van der Waals surface area contributed by atoms with Crippen molar-refractivity contribution in [1.82, 2.24) is 0 Å². The van der Waals surface area contributed by atoms with E-state index in [1.54, 1.807) is 32.0 Å². The molecule has 0 spiro atoms. The summed E-state index contributed by atoms with van der Waals surface area (Å²) in [5.41, 5.74) is 6.85. The highest BCUT2D eigenvalue weighted by Crippen LogP contribution is 2.21. The van der Waals surface area contributed by atoms with Gasteiger partial charge >= 0.3 is 5.97 Å². The van der Waals surface area contributed by atoms with Crippen LogP contribution in [0.2, 0.25) is 0 Å². The number of halogens is 1. The fourth-order valence-corrected chi connectivity index (χ4v) is 1.62. The molecule has 0 aliphatic rings. The van der Waals surface area contributed by atoms with Crippen molar-refractivity contribution < 1.29 is 14.3 Å². The zero-order chi connectivity index (χ0) is 14.6. The van der Waals surface area contributed by atoms with Crippen LogP contribution in [0, 0.1) is 6.92 Å². The minimum Gasteiger partial charge on any atom is -0.456 e. The summed E-state index contributed by atoms with van der Waals surface area (Å²) < 4.78 is 5.36. The van der Waals surface area contributed by atoms with Crippen LogP contribution in [0.5, 0.6) is 0 Å². The first-order valence-electron chi connectivity index (χ1n) is 5.99. The molecule has 0 bridgehead atoms. The highest BCUT2D eigenvalue weighted by molar-refractivity contribution is 6.63. The third-order valence-corrected chi connectivity index (χ3v) is 3.00. The molecule has 0 aromatic heterocycles. The maximum Gasteiger partial charge on any atom is 0.338 e. The summed E-state index contributed by atoms with van der Waals surface area (Å²) in [6.07, 6.45) is 0.542. The Kier molecular flexibility index (Phi) is 4.95. The topological polar surface area (TPSA) is 69.4 Å². The molecular formula is C14H18ClNO3. The molecule has 0 fully saturated rings. The fraction of sp³-hybridized carbons (Fsp3) is 0.429. The van der Waals surface area contributed by atoms with Gasteiger partial charge in [0.2, 0.25) is 5.24 Å². The van der Waals surface area contributed by atoms with Gasteiger partial charge in [-0.25, -0.2) is 4.79 Å². The van der Waals surface area contributed by atoms with E-state index in [1.807, 2.05) is 6.92 Å². The van der Waals surface area contributed by atoms with Crippen LogP contribution < -0.4 is 5.73 Å². The first-order valence-corrected chi connectivity index (χ1v) is 6.37. The van der Waals surface area contributed by atoms with Gasteiger partial charge in [-0.2, -0.15) is 0 Å². The average molecular weight is 284 g/mol. The SMILES string of the molecule is Cc1ccc(C(=O)OC(C)(C)CCC(=O)Cl)cc1N. The summed E-state index contributed by atoms with van der Waals surface area (Å²) in [5.74, 6) is -0.460. The number of rotatable bonds is 5. The lowest BCUT2D eigenvalue weighted by molar-refractivity contribution is -0.112. The number of nitrogens with two attached hydrogens (primary N) is 1. The van der Waals surface area contributed by atoms with E-state index in [1.165, 1.54) is 0 Å². The number of esters is 1. The Bertz CT molecular complexity index is 497. The Morgan fingerprint density at radius 2 is 2.00 bits per heavy atom. The third-order valence-electron chi connectivity index (χ3n) is 2.81. The second-order valence-corrected chi connectivity index (χ2v) is 5.50. The lowest BCUT2D eigenvalue weighted by Crippen LogP contribution is -2.28. The lowest BCUT2D eigenvalue weighted by atomic mass is 10.0. The molecule has 0 saturated heterocycles. The number of ether oxygens (including phenoxy) is 1. The van der Waals surface area contributed by atoms with Gasteiger partial charge in [0.05, 0.1) is 5.56 Å². The lowest BCUT2D eigenvalue weighted by Gasteiger charge is -2.24. The van der Waals surface area contributed by atoms with Gasteiger partial charge in [-0.1, -0.05) is 6.07 Å². The van der Waals surface area contributed by atoms with Gasteiger partial charge in [-0.15, -0.1) is 0 Å². The molecule has 5 heteroatoms. The maximum absolute atomic E-state index is 12.0. The zero-order valence-electron chi connectivity index (χ0n) is 11.3. The number of nitrogen functional groups attached to an aromatic ring is 1. The van der Waals surface area contributed by atoms with Crippen molar-refractivity contribution in [3.05, 3.63) is 29.3 Å². The van der Waals surface area contributed by atoms with Crippen LogP contribution >= 0.6 is 11.6 Å². The Morgan fingerprint density at radius 3 is 2.53 bits per heavy atom. The zero-order valence-corrected chi connectivity index (χ0v) is 12.1. The minimum absolute atomic E-state index is 0.165. The Morgan fingerprint density at radius 1 is 1.37 bits per heavy atom. The molecule has 0 amide bonds. The number of carbonyl (C=O) groups is 2. The maximum atomic E-state index is 12.0. The van der Waals surface area contributed by atoms with Crippen molar-refractivity contribution in [2.75, 3.05) is 5.73 Å². The quantitative estimate of drug-likeness (QED) is 0.512. The fourth-order valence-electron chi connectivity index (χ4n) is 1.53. The van der Waals surface area contributed by atoms with E-state index in [2.05, 4.69) is 0 Å². The standard InChI is InChI=1S/C14H18ClNO3/c1-9-4-5-10(8-11(9)16)13(18)19-14(2,3)7-6-12(15)17/h4-5,8H,6-7,16H2,1-3H3. The predicted molar refractivity (Wildman–Crippen MR) is 75.2 cm³/mol. The largest absolute Gasteiger partial charge is 0.456 e. The van der Waals surface area contributed by atoms with Crippen molar-refractivity contribution in [3.8, 4) is 0 Å². The summed E-state index contributed by atoms with van der Waals surface area (Å²) in [6, 6.07) is 5.01. The molecule has 1 aromatic rings. The Labute approximate surface area is 117 Å². The highest BCUT2D eigenvalue weighted by Gasteiger charge is 2.24. The van der Waals surface area contributed by atoms with Gasteiger partial charge in [-0.05, 0) is 56.5 Å². The number of carbonyl (C=O) groups excluding carboxylic acids is 2. The molecule has 0 saturated carbocycles. The van der Waals surface area contributed by atoms with E-state index < -0.39 is 16.8 Å². The number of benzene rings is 1. The first-order chi connectivity index (χ1) is 8.71. The molecular weight excluding hydrogens is 266 g/mol. The molecule has 0 atom stereocenters. The van der Waals surface area contributed by atoms with E-state index in [-0.39, 0.29) is 6.42 Å². The predicted octanol–water partition coefficient (Wildman–Crippen LogP) is 3.06. The highest BCUT2D eigenvalue weighted by atomic mass is 35.5. The summed E-state index contributed by atoms with van der Waals surface area (Å²) >= 11 is 5.28. The van der Waals surface area contributed by atoms with E-state index >= 15 is 0 Å². The summed E-state index contributed by atoms with van der Waals surface area (Å²) in [5, 5.41) is -0.441. The normalized spacial score (nSPS) is 11.2. The summed E-state index contributed by atoms with van der Waals surface area (Å²) in [6.45, 7) is 5.34. The Balaban J connectivity index is 2.72. The van der Waals surface area contributed by atoms with Crippen LogP contribution in [-0.2, 0) is 9.53 Å². The van der Waals surface area contributed by atoms with Gasteiger partial charge in [0, 0.05) is 12.1 Å². The van der Waals surface area contributed by atoms with Crippen LogP contribution in [0.4, 0.5) is 5.69 Å². The van der Waals surface area contributed by atoms with Crippen LogP contribution in [0.25, 0.3) is 0 Å². The van der Waals surface area contributed by atoms with E-state index in [4.69, 9.17) is 22.1 Å². The van der Waals surface area contributed by atoms with Gasteiger partial charge in [0.15, 0.2) is 0 Å². The summed E-state index contributed by atoms with van der Waals surface area (Å²) in [4.78, 5) is 22.7. The minimum atomic E-state index is -0.749. The molecule has 0 unspecified atom stereocenters. The number of aryl methyl sites for hydroxylation is 1. The molecule has 104 valence electrons. The third kappa shape index (κ3) is 4.91. The monoisotopic (exact) mass is 283 g/mol. The molecule has 0 radical (unpaired) electrons. The van der Waals surface area contributed by atoms with Crippen molar-refractivity contribution >= 4 is 28.5 Å². The molecule has 4 nitrogen and oxygen atoms in total. The van der Waals surface area contributed by atoms with Crippen molar-refractivity contribution in [3.63, 3.8) is 0 Å². The molecule has 0 heterocycles. The number of hydrogen-bond acceptors (Lipinski definition) is 4. The molecule has 19 heavy (non-hydrogen) atoms. The Hall–Kier alpha value is -1.55.